The molecule has 0 spiro atoms. The molecule has 94 valence electrons. The van der Waals surface area contributed by atoms with E-state index in [4.69, 9.17) is 5.73 Å². The van der Waals surface area contributed by atoms with Crippen LogP contribution >= 0.6 is 27.3 Å². The number of hydrogen-bond donors (Lipinski definition) is 2. The van der Waals surface area contributed by atoms with Crippen molar-refractivity contribution >= 4 is 44.5 Å². The molecule has 0 atom stereocenters. The molecule has 18 heavy (non-hydrogen) atoms. The summed E-state index contributed by atoms with van der Waals surface area (Å²) >= 11 is 4.70. The van der Waals surface area contributed by atoms with Crippen LogP contribution in [-0.2, 0) is 0 Å². The van der Waals surface area contributed by atoms with Crippen molar-refractivity contribution in [3.05, 3.63) is 38.3 Å². The number of aromatic nitrogens is 1. The molecule has 1 heterocycles. The maximum atomic E-state index is 12.1. The van der Waals surface area contributed by atoms with E-state index >= 15 is 0 Å². The van der Waals surface area contributed by atoms with Crippen molar-refractivity contribution in [3.63, 3.8) is 0 Å². The largest absolute Gasteiger partial charge is 0.398 e. The van der Waals surface area contributed by atoms with E-state index in [-0.39, 0.29) is 5.91 Å². The molecule has 2 rings (SSSR count). The molecule has 4 nitrogen and oxygen atoms in total. The van der Waals surface area contributed by atoms with E-state index in [1.165, 1.54) is 11.3 Å². The van der Waals surface area contributed by atoms with Gasteiger partial charge in [0, 0.05) is 15.8 Å². The molecule has 1 amide bonds. The summed E-state index contributed by atoms with van der Waals surface area (Å²) < 4.78 is 0.810. The number of thiazole rings is 1. The molecule has 0 aliphatic rings. The zero-order valence-electron chi connectivity index (χ0n) is 9.95. The van der Waals surface area contributed by atoms with Gasteiger partial charge in [0.2, 0.25) is 0 Å². The van der Waals surface area contributed by atoms with Crippen molar-refractivity contribution in [2.45, 2.75) is 13.8 Å². The van der Waals surface area contributed by atoms with Crippen LogP contribution in [0.3, 0.4) is 0 Å². The van der Waals surface area contributed by atoms with Crippen molar-refractivity contribution in [3.8, 4) is 0 Å². The van der Waals surface area contributed by atoms with Gasteiger partial charge in [-0.15, -0.1) is 11.3 Å². The van der Waals surface area contributed by atoms with Crippen LogP contribution in [0.15, 0.2) is 22.7 Å². The molecule has 0 fully saturated rings. The number of nitrogens with zero attached hydrogens (tertiary/aromatic N) is 1. The van der Waals surface area contributed by atoms with Crippen LogP contribution in [0.2, 0.25) is 0 Å². The first-order valence-electron chi connectivity index (χ1n) is 5.28. The highest BCUT2D eigenvalue weighted by molar-refractivity contribution is 9.10. The van der Waals surface area contributed by atoms with Gasteiger partial charge in [0.1, 0.15) is 4.88 Å². The monoisotopic (exact) mass is 325 g/mol. The summed E-state index contributed by atoms with van der Waals surface area (Å²) in [6, 6.07) is 5.31. The average molecular weight is 326 g/mol. The highest BCUT2D eigenvalue weighted by Crippen LogP contribution is 2.24. The Hall–Kier alpha value is -1.40. The smallest absolute Gasteiger partial charge is 0.267 e. The van der Waals surface area contributed by atoms with E-state index in [1.54, 1.807) is 18.2 Å². The Morgan fingerprint density at radius 2 is 2.17 bits per heavy atom. The van der Waals surface area contributed by atoms with Crippen LogP contribution in [0, 0.1) is 13.8 Å². The maximum Gasteiger partial charge on any atom is 0.267 e. The molecule has 0 saturated heterocycles. The SMILES string of the molecule is Cc1nc(C)c(C(=O)Nc2ccc(Br)c(N)c2)s1. The van der Waals surface area contributed by atoms with Crippen LogP contribution in [0.5, 0.6) is 0 Å². The summed E-state index contributed by atoms with van der Waals surface area (Å²) in [6.07, 6.45) is 0. The summed E-state index contributed by atoms with van der Waals surface area (Å²) in [5.41, 5.74) is 7.77. The number of benzene rings is 1. The van der Waals surface area contributed by atoms with Crippen LogP contribution in [-0.4, -0.2) is 10.9 Å². The van der Waals surface area contributed by atoms with Gasteiger partial charge in [-0.2, -0.15) is 0 Å². The van der Waals surface area contributed by atoms with Crippen LogP contribution < -0.4 is 11.1 Å². The first kappa shape index (κ1) is 13.0. The molecule has 0 aliphatic heterocycles. The van der Waals surface area contributed by atoms with Crippen molar-refractivity contribution in [1.82, 2.24) is 4.98 Å². The summed E-state index contributed by atoms with van der Waals surface area (Å²) in [6.45, 7) is 3.71. The second kappa shape index (κ2) is 5.07. The fourth-order valence-electron chi connectivity index (χ4n) is 1.55. The summed E-state index contributed by atoms with van der Waals surface area (Å²) in [5.74, 6) is -0.153. The lowest BCUT2D eigenvalue weighted by atomic mass is 10.2. The van der Waals surface area contributed by atoms with Gasteiger partial charge in [-0.05, 0) is 48.0 Å². The number of aryl methyl sites for hydroxylation is 2. The van der Waals surface area contributed by atoms with E-state index in [0.717, 1.165) is 15.2 Å². The Kier molecular flexibility index (Phi) is 3.68. The number of halogens is 1. The van der Waals surface area contributed by atoms with Gasteiger partial charge < -0.3 is 11.1 Å². The molecular formula is C12H12BrN3OS. The number of anilines is 2. The molecule has 2 aromatic rings. The second-order valence-electron chi connectivity index (χ2n) is 3.84. The number of carbonyl (C=O) groups excluding carboxylic acids is 1. The predicted molar refractivity (Wildman–Crippen MR) is 78.1 cm³/mol. The van der Waals surface area contributed by atoms with Crippen molar-refractivity contribution in [2.75, 3.05) is 11.1 Å². The van der Waals surface area contributed by atoms with Gasteiger partial charge >= 0.3 is 0 Å². The Labute approximate surface area is 117 Å². The number of hydrogen-bond acceptors (Lipinski definition) is 4. The third-order valence-corrected chi connectivity index (χ3v) is 4.16. The fourth-order valence-corrected chi connectivity index (χ4v) is 2.61. The van der Waals surface area contributed by atoms with Crippen molar-refractivity contribution in [1.29, 1.82) is 0 Å². The third kappa shape index (κ3) is 2.70. The molecule has 0 radical (unpaired) electrons. The van der Waals surface area contributed by atoms with E-state index in [2.05, 4.69) is 26.2 Å². The Morgan fingerprint density at radius 3 is 2.72 bits per heavy atom. The molecule has 0 unspecified atom stereocenters. The molecular weight excluding hydrogens is 314 g/mol. The zero-order chi connectivity index (χ0) is 13.3. The number of nitrogens with two attached hydrogens (primary N) is 1. The van der Waals surface area contributed by atoms with Gasteiger partial charge in [-0.25, -0.2) is 4.98 Å². The van der Waals surface area contributed by atoms with Crippen LogP contribution in [0.1, 0.15) is 20.4 Å². The lowest BCUT2D eigenvalue weighted by Gasteiger charge is -2.06. The Morgan fingerprint density at radius 1 is 1.44 bits per heavy atom. The molecule has 0 saturated carbocycles. The molecule has 0 bridgehead atoms. The number of rotatable bonds is 2. The number of amides is 1. The minimum Gasteiger partial charge on any atom is -0.398 e. The summed E-state index contributed by atoms with van der Waals surface area (Å²) in [7, 11) is 0. The first-order valence-corrected chi connectivity index (χ1v) is 6.88. The van der Waals surface area contributed by atoms with E-state index in [9.17, 15) is 4.79 Å². The number of nitrogens with one attached hydrogen (secondary N) is 1. The third-order valence-electron chi connectivity index (χ3n) is 2.36. The van der Waals surface area contributed by atoms with Crippen molar-refractivity contribution in [2.24, 2.45) is 0 Å². The van der Waals surface area contributed by atoms with Gasteiger partial charge in [0.15, 0.2) is 0 Å². The molecule has 0 aliphatic carbocycles. The molecule has 3 N–H and O–H groups in total. The second-order valence-corrected chi connectivity index (χ2v) is 5.90. The lowest BCUT2D eigenvalue weighted by Crippen LogP contribution is -2.11. The topological polar surface area (TPSA) is 68.0 Å². The summed E-state index contributed by atoms with van der Waals surface area (Å²) in [5, 5.41) is 3.69. The highest BCUT2D eigenvalue weighted by Gasteiger charge is 2.14. The fraction of sp³-hybridized carbons (Fsp3) is 0.167. The normalized spacial score (nSPS) is 10.4. The average Bonchev–Trinajstić information content (AvgIpc) is 2.63. The van der Waals surface area contributed by atoms with Crippen molar-refractivity contribution < 1.29 is 4.79 Å². The van der Waals surface area contributed by atoms with E-state index < -0.39 is 0 Å². The highest BCUT2D eigenvalue weighted by atomic mass is 79.9. The van der Waals surface area contributed by atoms with Gasteiger partial charge in [-0.3, -0.25) is 4.79 Å². The zero-order valence-corrected chi connectivity index (χ0v) is 12.4. The summed E-state index contributed by atoms with van der Waals surface area (Å²) in [4.78, 5) is 16.9. The first-order chi connectivity index (χ1) is 8.47. The van der Waals surface area contributed by atoms with Crippen LogP contribution in [0.4, 0.5) is 11.4 Å². The minimum atomic E-state index is -0.153. The molecule has 6 heteroatoms. The predicted octanol–water partition coefficient (Wildman–Crippen LogP) is 3.36. The minimum absolute atomic E-state index is 0.153. The van der Waals surface area contributed by atoms with Gasteiger partial charge in [0.25, 0.3) is 5.91 Å². The van der Waals surface area contributed by atoms with Gasteiger partial charge in [-0.1, -0.05) is 0 Å². The quantitative estimate of drug-likeness (QED) is 0.832. The number of nitrogen functional groups attached to an aromatic ring is 1. The van der Waals surface area contributed by atoms with E-state index in [1.807, 2.05) is 13.8 Å². The van der Waals surface area contributed by atoms with Crippen LogP contribution in [0.25, 0.3) is 0 Å². The molecule has 1 aromatic heterocycles. The van der Waals surface area contributed by atoms with E-state index in [0.29, 0.717) is 16.3 Å². The Balaban J connectivity index is 2.21. The number of carbonyl (C=O) groups is 1. The molecule has 1 aromatic carbocycles. The Bertz CT molecular complexity index is 609. The van der Waals surface area contributed by atoms with Gasteiger partial charge in [0.05, 0.1) is 10.7 Å². The standard InChI is InChI=1S/C12H12BrN3OS/c1-6-11(18-7(2)15-6)12(17)16-8-3-4-9(13)10(14)5-8/h3-5H,14H2,1-2H3,(H,16,17). The maximum absolute atomic E-state index is 12.1. The lowest BCUT2D eigenvalue weighted by molar-refractivity contribution is 0.103.